The summed E-state index contributed by atoms with van der Waals surface area (Å²) >= 11 is 5.41. The van der Waals surface area contributed by atoms with E-state index in [9.17, 15) is 4.79 Å². The molecule has 0 spiro atoms. The predicted molar refractivity (Wildman–Crippen MR) is 32.9 cm³/mol. The van der Waals surface area contributed by atoms with Gasteiger partial charge in [0.1, 0.15) is 5.69 Å². The number of ether oxygens (including phenoxy) is 1. The zero-order valence-corrected chi connectivity index (χ0v) is 5.88. The highest BCUT2D eigenvalue weighted by Crippen LogP contribution is 2.26. The summed E-state index contributed by atoms with van der Waals surface area (Å²) in [5.74, 6) is 0.177. The van der Waals surface area contributed by atoms with Gasteiger partial charge in [-0.15, -0.1) is 0 Å². The summed E-state index contributed by atoms with van der Waals surface area (Å²) in [5, 5.41) is 3.43. The Morgan fingerprint density at radius 2 is 2.50 bits per heavy atom. The summed E-state index contributed by atoms with van der Waals surface area (Å²) in [4.78, 5) is 9.83. The van der Waals surface area contributed by atoms with Gasteiger partial charge in [0.15, 0.2) is 0 Å². The van der Waals surface area contributed by atoms with Gasteiger partial charge in [-0.25, -0.2) is 0 Å². The lowest BCUT2D eigenvalue weighted by Crippen LogP contribution is -1.88. The van der Waals surface area contributed by atoms with Crippen LogP contribution in [0.2, 0.25) is 5.22 Å². The largest absolute Gasteiger partial charge is 0.422 e. The number of aromatic nitrogens is 1. The van der Waals surface area contributed by atoms with Crippen LogP contribution >= 0.6 is 11.6 Å². The molecule has 0 aliphatic rings. The van der Waals surface area contributed by atoms with E-state index in [4.69, 9.17) is 11.6 Å². The molecule has 1 rings (SSSR count). The fraction of sp³-hybridized carbons (Fsp3) is 0.200. The molecule has 0 bridgehead atoms. The number of hydrogen-bond donors (Lipinski definition) is 0. The van der Waals surface area contributed by atoms with Crippen LogP contribution < -0.4 is 4.74 Å². The summed E-state index contributed by atoms with van der Waals surface area (Å²) in [6, 6.07) is 0. The quantitative estimate of drug-likeness (QED) is 0.611. The van der Waals surface area contributed by atoms with Gasteiger partial charge < -0.3 is 9.26 Å². The van der Waals surface area contributed by atoms with Gasteiger partial charge in [-0.05, 0) is 18.5 Å². The Morgan fingerprint density at radius 1 is 1.80 bits per heavy atom. The second-order valence-electron chi connectivity index (χ2n) is 1.58. The van der Waals surface area contributed by atoms with E-state index in [0.29, 0.717) is 5.69 Å². The molecule has 0 atom stereocenters. The smallest absolute Gasteiger partial charge is 0.298 e. The highest BCUT2D eigenvalue weighted by Gasteiger charge is 2.10. The normalized spacial score (nSPS) is 9.40. The van der Waals surface area contributed by atoms with Gasteiger partial charge in [0.05, 0.1) is 0 Å². The first-order valence-electron chi connectivity index (χ1n) is 2.47. The summed E-state index contributed by atoms with van der Waals surface area (Å²) in [5.41, 5.74) is 0.456. The SMILES string of the molecule is Cc1noc(Cl)c1OC=O. The average molecular weight is 162 g/mol. The molecule has 0 unspecified atom stereocenters. The van der Waals surface area contributed by atoms with Crippen LogP contribution in [0.15, 0.2) is 4.52 Å². The van der Waals surface area contributed by atoms with E-state index < -0.39 is 0 Å². The molecule has 10 heavy (non-hydrogen) atoms. The third-order valence-electron chi connectivity index (χ3n) is 0.936. The number of hydrogen-bond acceptors (Lipinski definition) is 4. The van der Waals surface area contributed by atoms with Gasteiger partial charge in [0, 0.05) is 0 Å². The van der Waals surface area contributed by atoms with Crippen LogP contribution in [-0.2, 0) is 4.79 Å². The molecule has 1 aromatic rings. The first-order valence-corrected chi connectivity index (χ1v) is 2.85. The van der Waals surface area contributed by atoms with Gasteiger partial charge in [-0.2, -0.15) is 0 Å². The third-order valence-corrected chi connectivity index (χ3v) is 1.18. The maximum atomic E-state index is 9.83. The lowest BCUT2D eigenvalue weighted by molar-refractivity contribution is -0.120. The van der Waals surface area contributed by atoms with Crippen LogP contribution in [0.4, 0.5) is 0 Å². The van der Waals surface area contributed by atoms with Crippen molar-refractivity contribution in [2.45, 2.75) is 6.92 Å². The van der Waals surface area contributed by atoms with Crippen LogP contribution in [0, 0.1) is 6.92 Å². The van der Waals surface area contributed by atoms with Gasteiger partial charge >= 0.3 is 0 Å². The molecule has 0 N–H and O–H groups in total. The number of rotatable bonds is 2. The van der Waals surface area contributed by atoms with Crippen molar-refractivity contribution in [3.05, 3.63) is 10.9 Å². The van der Waals surface area contributed by atoms with Crippen LogP contribution in [-0.4, -0.2) is 11.6 Å². The Bertz CT molecular complexity index is 226. The fourth-order valence-electron chi connectivity index (χ4n) is 0.513. The lowest BCUT2D eigenvalue weighted by Gasteiger charge is -1.89. The van der Waals surface area contributed by atoms with E-state index in [0.717, 1.165) is 0 Å². The second kappa shape index (κ2) is 2.70. The van der Waals surface area contributed by atoms with Crippen LogP contribution in [0.3, 0.4) is 0 Å². The molecule has 0 amide bonds. The average Bonchev–Trinajstić information content (AvgIpc) is 2.20. The maximum absolute atomic E-state index is 9.83. The van der Waals surface area contributed by atoms with Crippen molar-refractivity contribution >= 4 is 18.1 Å². The molecule has 1 aromatic heterocycles. The molecule has 5 heteroatoms. The minimum atomic E-state index is -0.00963. The van der Waals surface area contributed by atoms with Gasteiger partial charge in [-0.3, -0.25) is 4.79 Å². The van der Waals surface area contributed by atoms with Crippen molar-refractivity contribution in [3.8, 4) is 5.75 Å². The van der Waals surface area contributed by atoms with Gasteiger partial charge in [0.25, 0.3) is 11.7 Å². The molecule has 0 aliphatic heterocycles. The monoisotopic (exact) mass is 161 g/mol. The van der Waals surface area contributed by atoms with Crippen LogP contribution in [0.5, 0.6) is 5.75 Å². The molecule has 0 saturated carbocycles. The molecular weight excluding hydrogens is 158 g/mol. The Balaban J connectivity index is 2.97. The number of carbonyl (C=O) groups excluding carboxylic acids is 1. The topological polar surface area (TPSA) is 52.3 Å². The highest BCUT2D eigenvalue weighted by atomic mass is 35.5. The lowest BCUT2D eigenvalue weighted by atomic mass is 10.4. The molecule has 54 valence electrons. The summed E-state index contributed by atoms with van der Waals surface area (Å²) in [6.07, 6.45) is 0. The minimum absolute atomic E-state index is 0.00963. The molecule has 0 aliphatic carbocycles. The standard InChI is InChI=1S/C5H4ClNO3/c1-3-4(9-2-8)5(6)10-7-3/h2H,1H3. The number of carbonyl (C=O) groups is 1. The minimum Gasteiger partial charge on any atom is -0.422 e. The Hall–Kier alpha value is -1.03. The highest BCUT2D eigenvalue weighted by molar-refractivity contribution is 6.30. The predicted octanol–water partition coefficient (Wildman–Crippen LogP) is 1.17. The van der Waals surface area contributed by atoms with Gasteiger partial charge in [0.2, 0.25) is 5.75 Å². The molecular formula is C5H4ClNO3. The third kappa shape index (κ3) is 1.11. The van der Waals surface area contributed by atoms with Crippen LogP contribution in [0.1, 0.15) is 5.69 Å². The second-order valence-corrected chi connectivity index (χ2v) is 1.93. The number of aryl methyl sites for hydroxylation is 1. The van der Waals surface area contributed by atoms with Crippen molar-refractivity contribution in [3.63, 3.8) is 0 Å². The van der Waals surface area contributed by atoms with E-state index in [-0.39, 0.29) is 17.4 Å². The number of halogens is 1. The zero-order chi connectivity index (χ0) is 7.56. The van der Waals surface area contributed by atoms with Crippen molar-refractivity contribution < 1.29 is 14.1 Å². The molecule has 0 fully saturated rings. The number of nitrogens with zero attached hydrogens (tertiary/aromatic N) is 1. The summed E-state index contributed by atoms with van der Waals surface area (Å²) in [6.45, 7) is 1.89. The van der Waals surface area contributed by atoms with Crippen LogP contribution in [0.25, 0.3) is 0 Å². The Labute approximate surface area is 61.7 Å². The van der Waals surface area contributed by atoms with E-state index >= 15 is 0 Å². The summed E-state index contributed by atoms with van der Waals surface area (Å²) in [7, 11) is 0. The van der Waals surface area contributed by atoms with Crippen molar-refractivity contribution in [1.82, 2.24) is 5.16 Å². The van der Waals surface area contributed by atoms with Crippen molar-refractivity contribution in [1.29, 1.82) is 0 Å². The van der Waals surface area contributed by atoms with Crippen molar-refractivity contribution in [2.75, 3.05) is 0 Å². The Morgan fingerprint density at radius 3 is 2.90 bits per heavy atom. The van der Waals surface area contributed by atoms with Gasteiger partial charge in [-0.1, -0.05) is 5.16 Å². The first-order chi connectivity index (χ1) is 4.75. The maximum Gasteiger partial charge on any atom is 0.298 e. The van der Waals surface area contributed by atoms with E-state index in [1.54, 1.807) is 6.92 Å². The molecule has 4 nitrogen and oxygen atoms in total. The molecule has 1 heterocycles. The fourth-order valence-corrected chi connectivity index (χ4v) is 0.729. The molecule has 0 saturated heterocycles. The van der Waals surface area contributed by atoms with Crippen molar-refractivity contribution in [2.24, 2.45) is 0 Å². The molecule has 0 aromatic carbocycles. The van der Waals surface area contributed by atoms with E-state index in [2.05, 4.69) is 14.4 Å². The first kappa shape index (κ1) is 7.08. The Kier molecular flexibility index (Phi) is 1.91. The van der Waals surface area contributed by atoms with E-state index in [1.165, 1.54) is 0 Å². The van der Waals surface area contributed by atoms with E-state index in [1.807, 2.05) is 0 Å². The molecule has 0 radical (unpaired) electrons. The summed E-state index contributed by atoms with van der Waals surface area (Å²) < 4.78 is 8.92. The zero-order valence-electron chi connectivity index (χ0n) is 5.13.